The van der Waals surface area contributed by atoms with Crippen molar-refractivity contribution < 1.29 is 23.5 Å². The number of aliphatic hydroxyl groups is 1. The fraction of sp³-hybridized carbons (Fsp3) is 0.667. The maximum atomic E-state index is 12.9. The van der Waals surface area contributed by atoms with Crippen molar-refractivity contribution in [2.75, 3.05) is 6.61 Å². The summed E-state index contributed by atoms with van der Waals surface area (Å²) in [6, 6.07) is 8.95. The topological polar surface area (TPSA) is 77.0 Å². The van der Waals surface area contributed by atoms with E-state index in [-0.39, 0.29) is 23.3 Å². The number of hydrogen-bond donors (Lipinski definition) is 2. The third-order valence-corrected chi connectivity index (χ3v) is 16.3. The molecule has 1 aromatic carbocycles. The van der Waals surface area contributed by atoms with Crippen LogP contribution in [0.15, 0.2) is 43.0 Å². The van der Waals surface area contributed by atoms with Gasteiger partial charge in [-0.05, 0) is 48.2 Å². The molecule has 35 heavy (non-hydrogen) atoms. The molecule has 1 rings (SSSR count). The fourth-order valence-corrected chi connectivity index (χ4v) is 5.28. The van der Waals surface area contributed by atoms with Crippen molar-refractivity contribution >= 4 is 22.7 Å². The van der Waals surface area contributed by atoms with Gasteiger partial charge >= 0.3 is 6.09 Å². The van der Waals surface area contributed by atoms with E-state index in [1.165, 1.54) is 0 Å². The van der Waals surface area contributed by atoms with Crippen molar-refractivity contribution in [1.82, 2.24) is 5.32 Å². The number of hydrogen-bond acceptors (Lipinski definition) is 5. The number of carbonyl (C=O) groups is 1. The first-order valence-electron chi connectivity index (χ1n) is 12.5. The number of nitrogens with one attached hydrogen (secondary N) is 1. The molecule has 0 bridgehead atoms. The second-order valence-corrected chi connectivity index (χ2v) is 21.9. The number of rotatable bonds is 12. The average Bonchev–Trinajstić information content (AvgIpc) is 2.73. The van der Waals surface area contributed by atoms with Gasteiger partial charge in [0, 0.05) is 0 Å². The zero-order chi connectivity index (χ0) is 27.1. The highest BCUT2D eigenvalue weighted by Crippen LogP contribution is 2.39. The Morgan fingerprint density at radius 3 is 2.06 bits per heavy atom. The van der Waals surface area contributed by atoms with Crippen LogP contribution >= 0.6 is 0 Å². The third kappa shape index (κ3) is 9.84. The first-order chi connectivity index (χ1) is 15.9. The highest BCUT2D eigenvalue weighted by Gasteiger charge is 2.44. The molecule has 0 saturated heterocycles. The molecule has 0 saturated carbocycles. The van der Waals surface area contributed by atoms with Crippen LogP contribution in [0.2, 0.25) is 36.3 Å². The molecule has 0 aromatic heterocycles. The molecule has 1 amide bonds. The standard InChI is InChI=1S/C27H49NO5Si2/c1-12-16-23(29)24(33-35(10,11)27(5,6)7)22(20-32-34(8,9)26(2,3)4)28-25(30)31-19-21-17-14-13-15-18-21/h12-15,17-18,22-24,29H,1,16,19-20H2,2-11H3,(H,28,30)/t22-,23-,24-/m0/s1. The molecule has 8 heteroatoms. The summed E-state index contributed by atoms with van der Waals surface area (Å²) in [5.74, 6) is 0. The summed E-state index contributed by atoms with van der Waals surface area (Å²) in [5.41, 5.74) is 0.900. The normalized spacial score (nSPS) is 15.7. The van der Waals surface area contributed by atoms with Crippen LogP contribution in [-0.2, 0) is 20.2 Å². The predicted molar refractivity (Wildman–Crippen MR) is 150 cm³/mol. The lowest BCUT2D eigenvalue weighted by Crippen LogP contribution is -2.58. The maximum absolute atomic E-state index is 12.9. The van der Waals surface area contributed by atoms with Crippen molar-refractivity contribution in [1.29, 1.82) is 0 Å². The van der Waals surface area contributed by atoms with Gasteiger partial charge in [-0.25, -0.2) is 4.79 Å². The smallest absolute Gasteiger partial charge is 0.407 e. The van der Waals surface area contributed by atoms with Crippen LogP contribution < -0.4 is 5.32 Å². The molecular formula is C27H49NO5Si2. The number of carbonyl (C=O) groups excluding carboxylic acids is 1. The van der Waals surface area contributed by atoms with Gasteiger partial charge in [-0.3, -0.25) is 0 Å². The maximum Gasteiger partial charge on any atom is 0.407 e. The molecule has 6 nitrogen and oxygen atoms in total. The first kappa shape index (κ1) is 31.6. The number of ether oxygens (including phenoxy) is 1. The SMILES string of the molecule is C=CC[C@H](O)[C@@H](O[Si](C)(C)C(C)(C)C)[C@H](CO[Si](C)(C)C(C)(C)C)NC(=O)OCc1ccccc1. The lowest BCUT2D eigenvalue weighted by molar-refractivity contribution is -0.00577. The summed E-state index contributed by atoms with van der Waals surface area (Å²) in [5, 5.41) is 14.0. The van der Waals surface area contributed by atoms with Crippen LogP contribution in [-0.4, -0.2) is 52.7 Å². The van der Waals surface area contributed by atoms with E-state index >= 15 is 0 Å². The van der Waals surface area contributed by atoms with Crippen LogP contribution in [0.4, 0.5) is 4.79 Å². The minimum Gasteiger partial charge on any atom is -0.445 e. The van der Waals surface area contributed by atoms with E-state index in [9.17, 15) is 9.90 Å². The Morgan fingerprint density at radius 1 is 1.03 bits per heavy atom. The van der Waals surface area contributed by atoms with Crippen LogP contribution in [0.25, 0.3) is 0 Å². The van der Waals surface area contributed by atoms with Gasteiger partial charge in [-0.2, -0.15) is 0 Å². The molecule has 3 atom stereocenters. The number of benzene rings is 1. The first-order valence-corrected chi connectivity index (χ1v) is 18.3. The number of alkyl carbamates (subject to hydrolysis) is 1. The van der Waals surface area contributed by atoms with Gasteiger partial charge in [-0.1, -0.05) is 78.0 Å². The van der Waals surface area contributed by atoms with Gasteiger partial charge in [0.15, 0.2) is 16.6 Å². The summed E-state index contributed by atoms with van der Waals surface area (Å²) in [6.07, 6.45) is -0.0534. The van der Waals surface area contributed by atoms with Gasteiger partial charge < -0.3 is 24.0 Å². The molecular weight excluding hydrogens is 474 g/mol. The van der Waals surface area contributed by atoms with E-state index in [0.717, 1.165) is 5.56 Å². The minimum absolute atomic E-state index is 0.000878. The lowest BCUT2D eigenvalue weighted by Gasteiger charge is -2.44. The van der Waals surface area contributed by atoms with Gasteiger partial charge in [-0.15, -0.1) is 6.58 Å². The van der Waals surface area contributed by atoms with Crippen LogP contribution in [0, 0.1) is 0 Å². The van der Waals surface area contributed by atoms with E-state index in [1.807, 2.05) is 30.3 Å². The molecule has 0 aliphatic heterocycles. The monoisotopic (exact) mass is 523 g/mol. The molecule has 2 N–H and O–H groups in total. The molecule has 0 spiro atoms. The molecule has 0 aliphatic carbocycles. The van der Waals surface area contributed by atoms with Gasteiger partial charge in [0.05, 0.1) is 24.9 Å². The fourth-order valence-electron chi connectivity index (χ4n) is 2.90. The quantitative estimate of drug-likeness (QED) is 0.237. The van der Waals surface area contributed by atoms with Crippen molar-refractivity contribution in [3.8, 4) is 0 Å². The van der Waals surface area contributed by atoms with E-state index in [1.54, 1.807) is 6.08 Å². The molecule has 200 valence electrons. The lowest BCUT2D eigenvalue weighted by atomic mass is 10.0. The number of aliphatic hydroxyl groups excluding tert-OH is 1. The predicted octanol–water partition coefficient (Wildman–Crippen LogP) is 6.63. The molecule has 0 unspecified atom stereocenters. The molecule has 0 fully saturated rings. The molecule has 0 radical (unpaired) electrons. The van der Waals surface area contributed by atoms with Crippen LogP contribution in [0.1, 0.15) is 53.5 Å². The van der Waals surface area contributed by atoms with E-state index in [4.69, 9.17) is 13.6 Å². The van der Waals surface area contributed by atoms with Crippen molar-refractivity contribution in [2.45, 2.75) is 109 Å². The summed E-state index contributed by atoms with van der Waals surface area (Å²) in [7, 11) is -4.41. The van der Waals surface area contributed by atoms with Gasteiger partial charge in [0.1, 0.15) is 6.61 Å². The Bertz CT molecular complexity index is 800. The summed E-state index contributed by atoms with van der Waals surface area (Å²) in [6.45, 7) is 25.8. The highest BCUT2D eigenvalue weighted by atomic mass is 28.4. The van der Waals surface area contributed by atoms with Gasteiger partial charge in [0.25, 0.3) is 0 Å². The van der Waals surface area contributed by atoms with E-state index in [2.05, 4.69) is 79.6 Å². The minimum atomic E-state index is -2.29. The number of amides is 1. The van der Waals surface area contributed by atoms with E-state index in [0.29, 0.717) is 6.42 Å². The zero-order valence-electron chi connectivity index (χ0n) is 23.6. The molecule has 0 heterocycles. The van der Waals surface area contributed by atoms with Crippen molar-refractivity contribution in [2.24, 2.45) is 0 Å². The van der Waals surface area contributed by atoms with Crippen LogP contribution in [0.3, 0.4) is 0 Å². The third-order valence-electron chi connectivity index (χ3n) is 7.37. The summed E-state index contributed by atoms with van der Waals surface area (Å²) < 4.78 is 18.7. The Balaban J connectivity index is 3.21. The van der Waals surface area contributed by atoms with E-state index < -0.39 is 41.0 Å². The molecule has 1 aromatic rings. The second-order valence-electron chi connectivity index (χ2n) is 12.3. The second kappa shape index (κ2) is 12.7. The zero-order valence-corrected chi connectivity index (χ0v) is 25.6. The van der Waals surface area contributed by atoms with Crippen molar-refractivity contribution in [3.63, 3.8) is 0 Å². The average molecular weight is 524 g/mol. The Morgan fingerprint density at radius 2 is 1.57 bits per heavy atom. The Kier molecular flexibility index (Phi) is 11.4. The summed E-state index contributed by atoms with van der Waals surface area (Å²) in [4.78, 5) is 12.9. The Hall–Kier alpha value is -1.46. The largest absolute Gasteiger partial charge is 0.445 e. The van der Waals surface area contributed by atoms with Gasteiger partial charge in [0.2, 0.25) is 0 Å². The Labute approximate surface area is 215 Å². The van der Waals surface area contributed by atoms with Crippen molar-refractivity contribution in [3.05, 3.63) is 48.6 Å². The highest BCUT2D eigenvalue weighted by molar-refractivity contribution is 6.74. The summed E-state index contributed by atoms with van der Waals surface area (Å²) >= 11 is 0. The molecule has 0 aliphatic rings. The van der Waals surface area contributed by atoms with Crippen LogP contribution in [0.5, 0.6) is 0 Å².